The summed E-state index contributed by atoms with van der Waals surface area (Å²) in [5.74, 6) is 0.976. The van der Waals surface area contributed by atoms with Crippen LogP contribution < -0.4 is 4.90 Å². The van der Waals surface area contributed by atoms with Gasteiger partial charge in [0.25, 0.3) is 0 Å². The van der Waals surface area contributed by atoms with Crippen LogP contribution in [0.3, 0.4) is 0 Å². The minimum atomic E-state index is 0.378. The van der Waals surface area contributed by atoms with Gasteiger partial charge in [0, 0.05) is 19.3 Å². The predicted octanol–water partition coefficient (Wildman–Crippen LogP) is 2.87. The van der Waals surface area contributed by atoms with Crippen LogP contribution in [0.1, 0.15) is 12.8 Å². The maximum absolute atomic E-state index is 5.89. The van der Waals surface area contributed by atoms with Crippen molar-refractivity contribution in [2.45, 2.75) is 25.0 Å². The number of anilines is 1. The largest absolute Gasteiger partial charge is 0.371 e. The minimum Gasteiger partial charge on any atom is -0.371 e. The molecule has 0 saturated carbocycles. The highest BCUT2D eigenvalue weighted by atomic mass is 79.9. The Morgan fingerprint density at radius 1 is 1.38 bits per heavy atom. The second-order valence-electron chi connectivity index (χ2n) is 4.32. The van der Waals surface area contributed by atoms with E-state index < -0.39 is 0 Å². The van der Waals surface area contributed by atoms with Crippen molar-refractivity contribution in [3.05, 3.63) is 21.8 Å². The summed E-state index contributed by atoms with van der Waals surface area (Å²) in [6.07, 6.45) is 4.80. The molecule has 0 aromatic carbocycles. The van der Waals surface area contributed by atoms with Crippen LogP contribution in [0.2, 0.25) is 5.02 Å². The van der Waals surface area contributed by atoms with Crippen LogP contribution >= 0.6 is 27.5 Å². The fourth-order valence-electron chi connectivity index (χ4n) is 2.43. The first-order chi connectivity index (χ1) is 7.72. The van der Waals surface area contributed by atoms with Gasteiger partial charge in [-0.15, -0.1) is 0 Å². The van der Waals surface area contributed by atoms with E-state index in [1.54, 1.807) is 6.20 Å². The molecule has 2 unspecified atom stereocenters. The number of fused-ring (bicyclic) bond motifs is 2. The highest BCUT2D eigenvalue weighted by molar-refractivity contribution is 9.10. The number of morpholine rings is 1. The Balaban J connectivity index is 1.87. The van der Waals surface area contributed by atoms with Crippen molar-refractivity contribution in [3.8, 4) is 0 Å². The van der Waals surface area contributed by atoms with E-state index in [4.69, 9.17) is 16.3 Å². The zero-order chi connectivity index (χ0) is 11.1. The van der Waals surface area contributed by atoms with Gasteiger partial charge in [0.1, 0.15) is 5.82 Å². The molecule has 0 N–H and O–H groups in total. The Hall–Kier alpha value is -0.320. The molecule has 2 atom stereocenters. The van der Waals surface area contributed by atoms with Crippen molar-refractivity contribution >= 4 is 33.3 Å². The fraction of sp³-hybridized carbons (Fsp3) is 0.545. The smallest absolute Gasteiger partial charge is 0.143 e. The van der Waals surface area contributed by atoms with Crippen molar-refractivity contribution in [1.82, 2.24) is 4.98 Å². The molecule has 1 aromatic heterocycles. The average Bonchev–Trinajstić information content (AvgIpc) is 2.58. The summed E-state index contributed by atoms with van der Waals surface area (Å²) in [5.41, 5.74) is 0. The third-order valence-electron chi connectivity index (χ3n) is 3.13. The van der Waals surface area contributed by atoms with Crippen molar-refractivity contribution in [2.24, 2.45) is 0 Å². The molecule has 0 spiro atoms. The summed E-state index contributed by atoms with van der Waals surface area (Å²) in [6, 6.07) is 1.89. The lowest BCUT2D eigenvalue weighted by Gasteiger charge is -2.33. The Bertz CT molecular complexity index is 403. The predicted molar refractivity (Wildman–Crippen MR) is 67.1 cm³/mol. The van der Waals surface area contributed by atoms with Crippen molar-refractivity contribution in [2.75, 3.05) is 18.0 Å². The van der Waals surface area contributed by atoms with Gasteiger partial charge < -0.3 is 9.64 Å². The van der Waals surface area contributed by atoms with E-state index in [1.807, 2.05) is 6.07 Å². The molecule has 3 nitrogen and oxygen atoms in total. The molecule has 2 saturated heterocycles. The first-order valence-electron chi connectivity index (χ1n) is 5.44. The molecule has 0 amide bonds. The topological polar surface area (TPSA) is 25.4 Å². The summed E-state index contributed by atoms with van der Waals surface area (Å²) < 4.78 is 6.76. The fourth-order valence-corrected chi connectivity index (χ4v) is 3.32. The number of pyridine rings is 1. The number of nitrogens with zero attached hydrogens (tertiary/aromatic N) is 2. The normalized spacial score (nSPS) is 28.5. The highest BCUT2D eigenvalue weighted by Gasteiger charge is 2.34. The summed E-state index contributed by atoms with van der Waals surface area (Å²) >= 11 is 9.40. The molecule has 2 aliphatic heterocycles. The van der Waals surface area contributed by atoms with Crippen LogP contribution in [0.25, 0.3) is 0 Å². The molecular formula is C11H12BrClN2O. The Kier molecular flexibility index (Phi) is 2.81. The quantitative estimate of drug-likeness (QED) is 0.798. The van der Waals surface area contributed by atoms with Gasteiger partial charge in [-0.3, -0.25) is 0 Å². The van der Waals surface area contributed by atoms with Crippen molar-refractivity contribution in [3.63, 3.8) is 0 Å². The van der Waals surface area contributed by atoms with Gasteiger partial charge in [-0.2, -0.15) is 0 Å². The van der Waals surface area contributed by atoms with E-state index in [-0.39, 0.29) is 0 Å². The summed E-state index contributed by atoms with van der Waals surface area (Å²) in [7, 11) is 0. The van der Waals surface area contributed by atoms with Crippen molar-refractivity contribution in [1.29, 1.82) is 0 Å². The van der Waals surface area contributed by atoms with E-state index >= 15 is 0 Å². The second-order valence-corrected chi connectivity index (χ2v) is 5.61. The Labute approximate surface area is 108 Å². The molecule has 2 bridgehead atoms. The molecule has 0 aliphatic carbocycles. The first kappa shape index (κ1) is 10.8. The summed E-state index contributed by atoms with van der Waals surface area (Å²) in [5, 5.41) is 0.659. The molecule has 2 aliphatic rings. The molecule has 5 heteroatoms. The Morgan fingerprint density at radius 3 is 2.69 bits per heavy atom. The second kappa shape index (κ2) is 4.17. The van der Waals surface area contributed by atoms with Gasteiger partial charge in [0.05, 0.1) is 21.7 Å². The number of halogens is 2. The number of ether oxygens (including phenoxy) is 1. The molecule has 3 rings (SSSR count). The summed E-state index contributed by atoms with van der Waals surface area (Å²) in [4.78, 5) is 6.67. The van der Waals surface area contributed by atoms with E-state index in [2.05, 4.69) is 25.8 Å². The average molecular weight is 304 g/mol. The SMILES string of the molecule is Clc1cnc(N2CC3CCC(C2)O3)c(Br)c1. The maximum Gasteiger partial charge on any atom is 0.143 e. The zero-order valence-corrected chi connectivity index (χ0v) is 11.0. The lowest BCUT2D eigenvalue weighted by atomic mass is 10.2. The molecular weight excluding hydrogens is 291 g/mol. The van der Waals surface area contributed by atoms with Crippen molar-refractivity contribution < 1.29 is 4.74 Å². The van der Waals surface area contributed by atoms with E-state index in [1.165, 1.54) is 12.8 Å². The van der Waals surface area contributed by atoms with Gasteiger partial charge in [-0.25, -0.2) is 4.98 Å². The minimum absolute atomic E-state index is 0.378. The van der Waals surface area contributed by atoms with Crippen LogP contribution in [0.5, 0.6) is 0 Å². The molecule has 2 fully saturated rings. The maximum atomic E-state index is 5.89. The molecule has 3 heterocycles. The number of hydrogen-bond acceptors (Lipinski definition) is 3. The number of hydrogen-bond donors (Lipinski definition) is 0. The number of rotatable bonds is 1. The zero-order valence-electron chi connectivity index (χ0n) is 8.70. The third kappa shape index (κ3) is 1.94. The van der Waals surface area contributed by atoms with Gasteiger partial charge in [0.2, 0.25) is 0 Å². The third-order valence-corrected chi connectivity index (χ3v) is 3.92. The lowest BCUT2D eigenvalue weighted by molar-refractivity contribution is 0.0302. The van der Waals surface area contributed by atoms with Gasteiger partial charge in [-0.05, 0) is 34.8 Å². The lowest BCUT2D eigenvalue weighted by Crippen LogP contribution is -2.43. The summed E-state index contributed by atoms with van der Waals surface area (Å²) in [6.45, 7) is 1.87. The van der Waals surface area contributed by atoms with Crippen LogP contribution in [-0.4, -0.2) is 30.3 Å². The van der Waals surface area contributed by atoms with Crippen LogP contribution in [0.15, 0.2) is 16.7 Å². The van der Waals surface area contributed by atoms with Gasteiger partial charge in [0.15, 0.2) is 0 Å². The Morgan fingerprint density at radius 2 is 2.06 bits per heavy atom. The van der Waals surface area contributed by atoms with Crippen LogP contribution in [-0.2, 0) is 4.74 Å². The molecule has 1 aromatic rings. The standard InChI is InChI=1S/C11H12BrClN2O/c12-10-3-7(13)4-14-11(10)15-5-8-1-2-9(6-15)16-8/h3-4,8-9H,1-2,5-6H2. The van der Waals surface area contributed by atoms with E-state index in [0.29, 0.717) is 17.2 Å². The number of aromatic nitrogens is 1. The molecule has 16 heavy (non-hydrogen) atoms. The monoisotopic (exact) mass is 302 g/mol. The first-order valence-corrected chi connectivity index (χ1v) is 6.61. The van der Waals surface area contributed by atoms with Gasteiger partial charge in [-0.1, -0.05) is 11.6 Å². The van der Waals surface area contributed by atoms with E-state index in [9.17, 15) is 0 Å². The van der Waals surface area contributed by atoms with Crippen LogP contribution in [0.4, 0.5) is 5.82 Å². The van der Waals surface area contributed by atoms with E-state index in [0.717, 1.165) is 23.4 Å². The highest BCUT2D eigenvalue weighted by Crippen LogP contribution is 2.32. The van der Waals surface area contributed by atoms with Gasteiger partial charge >= 0.3 is 0 Å². The van der Waals surface area contributed by atoms with Crippen LogP contribution in [0, 0.1) is 0 Å². The molecule has 0 radical (unpaired) electrons. The molecule has 86 valence electrons.